The van der Waals surface area contributed by atoms with Crippen LogP contribution in [0.5, 0.6) is 5.88 Å². The molecule has 7 nitrogen and oxygen atoms in total. The molecule has 2 saturated heterocycles. The van der Waals surface area contributed by atoms with Gasteiger partial charge in [0.05, 0.1) is 25.4 Å². The van der Waals surface area contributed by atoms with Crippen molar-refractivity contribution in [1.82, 2.24) is 19.7 Å². The number of hydrogen-bond donors (Lipinski definition) is 0. The Bertz CT molecular complexity index is 783. The Labute approximate surface area is 152 Å². The fourth-order valence-corrected chi connectivity index (χ4v) is 3.85. The number of carbonyl (C=O) groups excluding carboxylic acids is 1. The van der Waals surface area contributed by atoms with Gasteiger partial charge < -0.3 is 14.4 Å². The zero-order valence-corrected chi connectivity index (χ0v) is 15.2. The maximum atomic E-state index is 12.8. The zero-order valence-electron chi connectivity index (χ0n) is 15.2. The summed E-state index contributed by atoms with van der Waals surface area (Å²) in [7, 11) is 0. The molecule has 1 atom stereocenters. The summed E-state index contributed by atoms with van der Waals surface area (Å²) in [4.78, 5) is 18.9. The first-order valence-electron chi connectivity index (χ1n) is 9.13. The van der Waals surface area contributed by atoms with Crippen LogP contribution < -0.4 is 4.74 Å². The summed E-state index contributed by atoms with van der Waals surface area (Å²) < 4.78 is 13.6. The molecule has 2 aromatic heterocycles. The number of nitrogens with zero attached hydrogens (tertiary/aromatic N) is 4. The number of aromatic nitrogens is 3. The standard InChI is InChI=1S/C19H24N4O3/c1-3-23-16(10-14(2)21-23)18(24)22-12-19(13-22)15(7-9-26-19)11-25-17-6-4-5-8-20-17/h4-6,8,10,15H,3,7,9,11-13H2,1-2H3. The van der Waals surface area contributed by atoms with E-state index in [-0.39, 0.29) is 17.4 Å². The van der Waals surface area contributed by atoms with Gasteiger partial charge in [0.25, 0.3) is 5.91 Å². The molecule has 7 heteroatoms. The van der Waals surface area contributed by atoms with Gasteiger partial charge >= 0.3 is 0 Å². The molecule has 138 valence electrons. The van der Waals surface area contributed by atoms with Gasteiger partial charge in [-0.1, -0.05) is 6.07 Å². The van der Waals surface area contributed by atoms with Crippen LogP contribution in [-0.4, -0.2) is 57.5 Å². The van der Waals surface area contributed by atoms with Crippen molar-refractivity contribution in [2.75, 3.05) is 26.3 Å². The normalized spacial score (nSPS) is 21.0. The summed E-state index contributed by atoms with van der Waals surface area (Å²) in [5.74, 6) is 0.925. The molecule has 4 heterocycles. The Hall–Kier alpha value is -2.41. The van der Waals surface area contributed by atoms with Crippen molar-refractivity contribution in [1.29, 1.82) is 0 Å². The van der Waals surface area contributed by atoms with Crippen LogP contribution in [0.1, 0.15) is 29.5 Å². The molecular formula is C19H24N4O3. The highest BCUT2D eigenvalue weighted by Gasteiger charge is 2.55. The second-order valence-electron chi connectivity index (χ2n) is 7.03. The lowest BCUT2D eigenvalue weighted by molar-refractivity contribution is -0.122. The number of pyridine rings is 1. The van der Waals surface area contributed by atoms with E-state index in [2.05, 4.69) is 10.1 Å². The smallest absolute Gasteiger partial charge is 0.272 e. The molecule has 4 rings (SSSR count). The van der Waals surface area contributed by atoms with E-state index in [9.17, 15) is 4.79 Å². The van der Waals surface area contributed by atoms with E-state index in [4.69, 9.17) is 9.47 Å². The van der Waals surface area contributed by atoms with Crippen LogP contribution in [-0.2, 0) is 11.3 Å². The van der Waals surface area contributed by atoms with Crippen molar-refractivity contribution in [2.45, 2.75) is 32.4 Å². The summed E-state index contributed by atoms with van der Waals surface area (Å²) in [5, 5.41) is 4.37. The van der Waals surface area contributed by atoms with Crippen molar-refractivity contribution < 1.29 is 14.3 Å². The van der Waals surface area contributed by atoms with Gasteiger partial charge in [-0.15, -0.1) is 0 Å². The van der Waals surface area contributed by atoms with Crippen molar-refractivity contribution in [2.24, 2.45) is 5.92 Å². The molecule has 26 heavy (non-hydrogen) atoms. The molecule has 2 fully saturated rings. The number of ether oxygens (including phenoxy) is 2. The minimum Gasteiger partial charge on any atom is -0.477 e. The van der Waals surface area contributed by atoms with Crippen molar-refractivity contribution in [3.05, 3.63) is 41.9 Å². The maximum Gasteiger partial charge on any atom is 0.272 e. The number of hydrogen-bond acceptors (Lipinski definition) is 5. The molecular weight excluding hydrogens is 332 g/mol. The monoisotopic (exact) mass is 356 g/mol. The van der Waals surface area contributed by atoms with E-state index in [1.54, 1.807) is 10.9 Å². The van der Waals surface area contributed by atoms with Crippen LogP contribution in [0.4, 0.5) is 0 Å². The van der Waals surface area contributed by atoms with E-state index in [1.165, 1.54) is 0 Å². The quantitative estimate of drug-likeness (QED) is 0.819. The lowest BCUT2D eigenvalue weighted by atomic mass is 9.81. The Morgan fingerprint density at radius 3 is 3.00 bits per heavy atom. The van der Waals surface area contributed by atoms with Gasteiger partial charge in [-0.05, 0) is 32.4 Å². The number of carbonyl (C=O) groups is 1. The first-order chi connectivity index (χ1) is 12.6. The van der Waals surface area contributed by atoms with Gasteiger partial charge in [0.15, 0.2) is 0 Å². The molecule has 1 spiro atoms. The molecule has 2 aliphatic heterocycles. The highest BCUT2D eigenvalue weighted by Crippen LogP contribution is 2.40. The average Bonchev–Trinajstić information content (AvgIpc) is 3.22. The molecule has 0 bridgehead atoms. The van der Waals surface area contributed by atoms with E-state index in [0.29, 0.717) is 44.4 Å². The summed E-state index contributed by atoms with van der Waals surface area (Å²) in [5.41, 5.74) is 1.24. The van der Waals surface area contributed by atoms with Gasteiger partial charge in [-0.25, -0.2) is 4.98 Å². The van der Waals surface area contributed by atoms with Crippen molar-refractivity contribution in [3.63, 3.8) is 0 Å². The Kier molecular flexibility index (Phi) is 4.40. The predicted molar refractivity (Wildman–Crippen MR) is 95.1 cm³/mol. The second-order valence-corrected chi connectivity index (χ2v) is 7.03. The summed E-state index contributed by atoms with van der Waals surface area (Å²) >= 11 is 0. The van der Waals surface area contributed by atoms with Gasteiger partial charge in [-0.2, -0.15) is 5.10 Å². The highest BCUT2D eigenvalue weighted by atomic mass is 16.5. The summed E-state index contributed by atoms with van der Waals surface area (Å²) in [6, 6.07) is 7.48. The van der Waals surface area contributed by atoms with Crippen LogP contribution in [0.25, 0.3) is 0 Å². The van der Waals surface area contributed by atoms with E-state index < -0.39 is 0 Å². The fraction of sp³-hybridized carbons (Fsp3) is 0.526. The second kappa shape index (κ2) is 6.72. The number of amides is 1. The molecule has 2 aromatic rings. The Morgan fingerprint density at radius 2 is 2.27 bits per heavy atom. The lowest BCUT2D eigenvalue weighted by Crippen LogP contribution is -2.66. The van der Waals surface area contributed by atoms with Crippen LogP contribution in [0.2, 0.25) is 0 Å². The van der Waals surface area contributed by atoms with Crippen LogP contribution >= 0.6 is 0 Å². The minimum atomic E-state index is -0.281. The number of rotatable bonds is 5. The lowest BCUT2D eigenvalue weighted by Gasteiger charge is -2.49. The SMILES string of the molecule is CCn1nc(C)cc1C(=O)N1CC2(C1)OCCC2COc1ccccn1. The highest BCUT2D eigenvalue weighted by molar-refractivity contribution is 5.93. The number of likely N-dealkylation sites (tertiary alicyclic amines) is 1. The number of aryl methyl sites for hydroxylation is 2. The van der Waals surface area contributed by atoms with Crippen molar-refractivity contribution in [3.8, 4) is 5.88 Å². The first kappa shape index (κ1) is 17.0. The zero-order chi connectivity index (χ0) is 18.1. The summed E-state index contributed by atoms with van der Waals surface area (Å²) in [6.45, 7) is 7.07. The molecule has 0 radical (unpaired) electrons. The molecule has 1 amide bonds. The van der Waals surface area contributed by atoms with E-state index >= 15 is 0 Å². The van der Waals surface area contributed by atoms with Crippen LogP contribution in [0, 0.1) is 12.8 Å². The Balaban J connectivity index is 1.39. The van der Waals surface area contributed by atoms with Crippen LogP contribution in [0.15, 0.2) is 30.5 Å². The van der Waals surface area contributed by atoms with Crippen LogP contribution in [0.3, 0.4) is 0 Å². The molecule has 0 N–H and O–H groups in total. The van der Waals surface area contributed by atoms with E-state index in [0.717, 1.165) is 12.1 Å². The summed E-state index contributed by atoms with van der Waals surface area (Å²) in [6.07, 6.45) is 2.67. The third-order valence-corrected chi connectivity index (χ3v) is 5.30. The third-order valence-electron chi connectivity index (χ3n) is 5.30. The fourth-order valence-electron chi connectivity index (χ4n) is 3.85. The molecule has 1 unspecified atom stereocenters. The maximum absolute atomic E-state index is 12.8. The van der Waals surface area contributed by atoms with Crippen molar-refractivity contribution >= 4 is 5.91 Å². The molecule has 0 aromatic carbocycles. The molecule has 2 aliphatic rings. The van der Waals surface area contributed by atoms with Gasteiger partial charge in [-0.3, -0.25) is 9.48 Å². The minimum absolute atomic E-state index is 0.0259. The largest absolute Gasteiger partial charge is 0.477 e. The van der Waals surface area contributed by atoms with Gasteiger partial charge in [0.1, 0.15) is 11.3 Å². The molecule has 0 saturated carbocycles. The predicted octanol–water partition coefficient (Wildman–Crippen LogP) is 1.92. The first-order valence-corrected chi connectivity index (χ1v) is 9.13. The third kappa shape index (κ3) is 2.96. The van der Waals surface area contributed by atoms with E-state index in [1.807, 2.05) is 43.0 Å². The molecule has 0 aliphatic carbocycles. The Morgan fingerprint density at radius 1 is 1.42 bits per heavy atom. The van der Waals surface area contributed by atoms with Gasteiger partial charge in [0, 0.05) is 31.3 Å². The average molecular weight is 356 g/mol. The topological polar surface area (TPSA) is 69.5 Å². The van der Waals surface area contributed by atoms with Gasteiger partial charge in [0.2, 0.25) is 5.88 Å².